The van der Waals surface area contributed by atoms with Crippen LogP contribution in [-0.4, -0.2) is 30.6 Å². The molecule has 0 saturated heterocycles. The molecule has 2 aromatic rings. The van der Waals surface area contributed by atoms with Gasteiger partial charge in [-0.1, -0.05) is 61.4 Å². The predicted molar refractivity (Wildman–Crippen MR) is 107 cm³/mol. The van der Waals surface area contributed by atoms with Crippen LogP contribution in [-0.2, 0) is 21.4 Å². The Bertz CT molecular complexity index is 812. The summed E-state index contributed by atoms with van der Waals surface area (Å²) >= 11 is 0. The third-order valence-corrected chi connectivity index (χ3v) is 5.74. The van der Waals surface area contributed by atoms with Gasteiger partial charge in [0.05, 0.1) is 18.4 Å². The first-order valence-corrected chi connectivity index (χ1v) is 9.75. The number of benzene rings is 2. The number of carbonyl (C=O) groups is 2. The zero-order valence-electron chi connectivity index (χ0n) is 16.2. The molecule has 28 heavy (non-hydrogen) atoms. The number of para-hydroxylation sites is 1. The SMILES string of the molecule is COc1ccccc1CC(CNC(=O)C1(c2ccccc2)CCCC1)C(=O)O. The molecule has 0 heterocycles. The standard InChI is InChI=1S/C23H27NO4/c1-28-20-12-6-5-9-17(20)15-18(21(25)26)16-24-22(27)23(13-7-8-14-23)19-10-3-2-4-11-19/h2-6,9-12,18H,7-8,13-16H2,1H3,(H,24,27)(H,25,26). The highest BCUT2D eigenvalue weighted by molar-refractivity contribution is 5.89. The van der Waals surface area contributed by atoms with Gasteiger partial charge in [-0.2, -0.15) is 0 Å². The lowest BCUT2D eigenvalue weighted by Crippen LogP contribution is -2.45. The summed E-state index contributed by atoms with van der Waals surface area (Å²) in [7, 11) is 1.57. The van der Waals surface area contributed by atoms with Crippen LogP contribution in [0.1, 0.15) is 36.8 Å². The van der Waals surface area contributed by atoms with Gasteiger partial charge in [0.1, 0.15) is 5.75 Å². The van der Waals surface area contributed by atoms with Crippen molar-refractivity contribution >= 4 is 11.9 Å². The van der Waals surface area contributed by atoms with E-state index in [1.54, 1.807) is 7.11 Å². The van der Waals surface area contributed by atoms with Crippen molar-refractivity contribution < 1.29 is 19.4 Å². The summed E-state index contributed by atoms with van der Waals surface area (Å²) in [5.74, 6) is -1.04. The van der Waals surface area contributed by atoms with Crippen LogP contribution in [0.15, 0.2) is 54.6 Å². The van der Waals surface area contributed by atoms with Crippen molar-refractivity contribution in [3.8, 4) is 5.75 Å². The first-order chi connectivity index (χ1) is 13.6. The summed E-state index contributed by atoms with van der Waals surface area (Å²) in [5, 5.41) is 12.6. The largest absolute Gasteiger partial charge is 0.496 e. The van der Waals surface area contributed by atoms with Crippen LogP contribution in [0.5, 0.6) is 5.75 Å². The summed E-state index contributed by atoms with van der Waals surface area (Å²) in [6.45, 7) is 0.0980. The molecule has 5 nitrogen and oxygen atoms in total. The van der Waals surface area contributed by atoms with E-state index < -0.39 is 17.3 Å². The van der Waals surface area contributed by atoms with Crippen molar-refractivity contribution in [2.75, 3.05) is 13.7 Å². The first-order valence-electron chi connectivity index (χ1n) is 9.75. The summed E-state index contributed by atoms with van der Waals surface area (Å²) in [6, 6.07) is 17.2. The molecule has 0 spiro atoms. The van der Waals surface area contributed by atoms with Crippen molar-refractivity contribution in [1.82, 2.24) is 5.32 Å². The second-order valence-electron chi connectivity index (χ2n) is 7.42. The van der Waals surface area contributed by atoms with Gasteiger partial charge in [-0.15, -0.1) is 0 Å². The Kier molecular flexibility index (Phi) is 6.34. The molecule has 0 radical (unpaired) electrons. The fourth-order valence-electron chi connectivity index (χ4n) is 4.15. The quantitative estimate of drug-likeness (QED) is 0.733. The summed E-state index contributed by atoms with van der Waals surface area (Å²) in [5.41, 5.74) is 1.29. The van der Waals surface area contributed by atoms with E-state index in [9.17, 15) is 14.7 Å². The van der Waals surface area contributed by atoms with E-state index in [2.05, 4.69) is 5.32 Å². The number of methoxy groups -OCH3 is 1. The number of nitrogens with one attached hydrogen (secondary N) is 1. The van der Waals surface area contributed by atoms with E-state index in [4.69, 9.17) is 4.74 Å². The zero-order valence-corrected chi connectivity index (χ0v) is 16.2. The molecule has 1 aliphatic rings. The lowest BCUT2D eigenvalue weighted by atomic mass is 9.78. The molecule has 0 bridgehead atoms. The molecule has 3 rings (SSSR count). The van der Waals surface area contributed by atoms with Gasteiger partial charge >= 0.3 is 5.97 Å². The maximum Gasteiger partial charge on any atom is 0.308 e. The minimum Gasteiger partial charge on any atom is -0.496 e. The Labute approximate surface area is 165 Å². The van der Waals surface area contributed by atoms with Crippen LogP contribution in [0, 0.1) is 5.92 Å². The predicted octanol–water partition coefficient (Wildman–Crippen LogP) is 3.57. The number of carbonyl (C=O) groups excluding carboxylic acids is 1. The minimum absolute atomic E-state index is 0.0672. The number of ether oxygens (including phenoxy) is 1. The van der Waals surface area contributed by atoms with Gasteiger partial charge in [0.25, 0.3) is 0 Å². The van der Waals surface area contributed by atoms with Crippen molar-refractivity contribution in [2.45, 2.75) is 37.5 Å². The second kappa shape index (κ2) is 8.91. The topological polar surface area (TPSA) is 75.6 Å². The van der Waals surface area contributed by atoms with Crippen LogP contribution in [0.3, 0.4) is 0 Å². The molecule has 1 aliphatic carbocycles. The highest BCUT2D eigenvalue weighted by atomic mass is 16.5. The average molecular weight is 381 g/mol. The number of rotatable bonds is 8. The van der Waals surface area contributed by atoms with E-state index in [-0.39, 0.29) is 12.5 Å². The number of hydrogen-bond acceptors (Lipinski definition) is 3. The van der Waals surface area contributed by atoms with Crippen LogP contribution in [0.2, 0.25) is 0 Å². The van der Waals surface area contributed by atoms with Gasteiger partial charge in [0, 0.05) is 6.54 Å². The Morgan fingerprint density at radius 1 is 1.07 bits per heavy atom. The van der Waals surface area contributed by atoms with Gasteiger partial charge in [-0.3, -0.25) is 9.59 Å². The third-order valence-electron chi connectivity index (χ3n) is 5.74. The van der Waals surface area contributed by atoms with Crippen molar-refractivity contribution in [2.24, 2.45) is 5.92 Å². The number of hydrogen-bond donors (Lipinski definition) is 2. The monoisotopic (exact) mass is 381 g/mol. The van der Waals surface area contributed by atoms with Crippen LogP contribution < -0.4 is 10.1 Å². The molecule has 5 heteroatoms. The molecule has 1 unspecified atom stereocenters. The summed E-state index contributed by atoms with van der Waals surface area (Å²) in [4.78, 5) is 24.9. The Morgan fingerprint density at radius 3 is 2.36 bits per heavy atom. The third kappa shape index (κ3) is 4.19. The van der Waals surface area contributed by atoms with Gasteiger partial charge in [-0.05, 0) is 36.5 Å². The first kappa shape index (κ1) is 19.9. The molecule has 2 aromatic carbocycles. The number of carboxylic acids is 1. The van der Waals surface area contributed by atoms with E-state index in [0.717, 1.165) is 36.8 Å². The molecule has 1 atom stereocenters. The van der Waals surface area contributed by atoms with E-state index in [1.807, 2.05) is 54.6 Å². The molecule has 1 saturated carbocycles. The Hall–Kier alpha value is -2.82. The number of amides is 1. The highest BCUT2D eigenvalue weighted by Crippen LogP contribution is 2.41. The Balaban J connectivity index is 1.72. The van der Waals surface area contributed by atoms with E-state index >= 15 is 0 Å². The average Bonchev–Trinajstić information content (AvgIpc) is 3.23. The lowest BCUT2D eigenvalue weighted by Gasteiger charge is -2.29. The maximum absolute atomic E-state index is 13.1. The van der Waals surface area contributed by atoms with Crippen molar-refractivity contribution in [3.63, 3.8) is 0 Å². The molecule has 0 aliphatic heterocycles. The lowest BCUT2D eigenvalue weighted by molar-refractivity contribution is -0.141. The van der Waals surface area contributed by atoms with Crippen LogP contribution in [0.25, 0.3) is 0 Å². The number of carboxylic acid groups (broad SMARTS) is 1. The van der Waals surface area contributed by atoms with Crippen LogP contribution in [0.4, 0.5) is 0 Å². The number of aliphatic carboxylic acids is 1. The maximum atomic E-state index is 13.1. The van der Waals surface area contributed by atoms with Gasteiger partial charge in [-0.25, -0.2) is 0 Å². The van der Waals surface area contributed by atoms with Gasteiger partial charge in [0.15, 0.2) is 0 Å². The fourth-order valence-corrected chi connectivity index (χ4v) is 4.15. The smallest absolute Gasteiger partial charge is 0.308 e. The Morgan fingerprint density at radius 2 is 1.71 bits per heavy atom. The van der Waals surface area contributed by atoms with Crippen LogP contribution >= 0.6 is 0 Å². The normalized spacial score (nSPS) is 16.3. The second-order valence-corrected chi connectivity index (χ2v) is 7.42. The van der Waals surface area contributed by atoms with Gasteiger partial charge in [0.2, 0.25) is 5.91 Å². The van der Waals surface area contributed by atoms with Crippen molar-refractivity contribution in [1.29, 1.82) is 0 Å². The minimum atomic E-state index is -0.925. The molecular formula is C23H27NO4. The van der Waals surface area contributed by atoms with Crippen molar-refractivity contribution in [3.05, 3.63) is 65.7 Å². The molecular weight excluding hydrogens is 354 g/mol. The summed E-state index contributed by atoms with van der Waals surface area (Å²) < 4.78 is 5.33. The molecule has 0 aromatic heterocycles. The molecule has 2 N–H and O–H groups in total. The fraction of sp³-hybridized carbons (Fsp3) is 0.391. The highest BCUT2D eigenvalue weighted by Gasteiger charge is 2.42. The van der Waals surface area contributed by atoms with E-state index in [0.29, 0.717) is 12.2 Å². The van der Waals surface area contributed by atoms with E-state index in [1.165, 1.54) is 0 Å². The van der Waals surface area contributed by atoms with Gasteiger partial charge < -0.3 is 15.2 Å². The molecule has 1 amide bonds. The zero-order chi connectivity index (χ0) is 20.0. The molecule has 148 valence electrons. The summed E-state index contributed by atoms with van der Waals surface area (Å²) in [6.07, 6.45) is 3.91. The molecule has 1 fully saturated rings.